The highest BCUT2D eigenvalue weighted by atomic mass is 32.2. The fraction of sp³-hybridized carbons (Fsp3) is 0.235. The topological polar surface area (TPSA) is 84.2 Å². The number of nitrogens with zero attached hydrogens (tertiary/aromatic N) is 6. The van der Waals surface area contributed by atoms with Crippen LogP contribution in [-0.4, -0.2) is 58.7 Å². The Morgan fingerprint density at radius 3 is 2.31 bits per heavy atom. The second kappa shape index (κ2) is 6.85. The molecular weight excluding hydrogens is 352 g/mol. The molecule has 1 fully saturated rings. The Morgan fingerprint density at radius 1 is 0.885 bits per heavy atom. The van der Waals surface area contributed by atoms with E-state index in [4.69, 9.17) is 0 Å². The van der Waals surface area contributed by atoms with Crippen molar-refractivity contribution in [3.05, 3.63) is 61.2 Å². The Bertz CT molecular complexity index is 968. The molecule has 0 radical (unpaired) electrons. The van der Waals surface area contributed by atoms with Crippen molar-refractivity contribution in [2.75, 3.05) is 31.1 Å². The summed E-state index contributed by atoms with van der Waals surface area (Å²) < 4.78 is 28.6. The lowest BCUT2D eigenvalue weighted by atomic mass is 10.3. The fourth-order valence-electron chi connectivity index (χ4n) is 2.94. The maximum Gasteiger partial charge on any atom is 0.243 e. The van der Waals surface area contributed by atoms with Gasteiger partial charge in [-0.05, 0) is 18.2 Å². The second-order valence-electron chi connectivity index (χ2n) is 5.89. The zero-order valence-electron chi connectivity index (χ0n) is 14.0. The number of piperazine rings is 1. The van der Waals surface area contributed by atoms with E-state index in [9.17, 15) is 8.42 Å². The highest BCUT2D eigenvalue weighted by Crippen LogP contribution is 2.20. The monoisotopic (exact) mass is 370 g/mol. The number of benzene rings is 1. The van der Waals surface area contributed by atoms with Crippen molar-refractivity contribution in [3.8, 4) is 5.82 Å². The van der Waals surface area contributed by atoms with Gasteiger partial charge in [0.1, 0.15) is 12.1 Å². The third-order valence-corrected chi connectivity index (χ3v) is 6.23. The van der Waals surface area contributed by atoms with Crippen LogP contribution in [0.1, 0.15) is 0 Å². The number of aromatic nitrogens is 4. The average molecular weight is 370 g/mol. The van der Waals surface area contributed by atoms with Gasteiger partial charge < -0.3 is 4.90 Å². The third kappa shape index (κ3) is 3.18. The van der Waals surface area contributed by atoms with Crippen molar-refractivity contribution in [2.24, 2.45) is 0 Å². The Labute approximate surface area is 151 Å². The molecular formula is C17H18N6O2S. The number of hydrogen-bond acceptors (Lipinski definition) is 6. The van der Waals surface area contributed by atoms with E-state index in [-0.39, 0.29) is 0 Å². The van der Waals surface area contributed by atoms with Gasteiger partial charge in [0.05, 0.1) is 4.90 Å². The Morgan fingerprint density at radius 2 is 1.62 bits per heavy atom. The van der Waals surface area contributed by atoms with Crippen molar-refractivity contribution in [1.82, 2.24) is 24.1 Å². The van der Waals surface area contributed by atoms with Gasteiger partial charge in [-0.3, -0.25) is 0 Å². The van der Waals surface area contributed by atoms with E-state index in [1.807, 2.05) is 24.4 Å². The summed E-state index contributed by atoms with van der Waals surface area (Å²) >= 11 is 0. The van der Waals surface area contributed by atoms with Crippen LogP contribution in [0.25, 0.3) is 5.82 Å². The number of rotatable bonds is 4. The maximum atomic E-state index is 12.7. The smallest absolute Gasteiger partial charge is 0.243 e. The van der Waals surface area contributed by atoms with Crippen molar-refractivity contribution >= 4 is 15.8 Å². The molecule has 9 heteroatoms. The van der Waals surface area contributed by atoms with Gasteiger partial charge in [-0.15, -0.1) is 0 Å². The Balaban J connectivity index is 1.48. The van der Waals surface area contributed by atoms with Gasteiger partial charge in [0, 0.05) is 44.6 Å². The number of anilines is 1. The molecule has 1 aliphatic rings. The largest absolute Gasteiger partial charge is 0.354 e. The molecule has 3 aromatic rings. The first kappa shape index (κ1) is 16.7. The summed E-state index contributed by atoms with van der Waals surface area (Å²) in [5, 5.41) is 4.17. The summed E-state index contributed by atoms with van der Waals surface area (Å²) in [5.74, 6) is 1.45. The molecule has 1 aromatic carbocycles. The first-order valence-corrected chi connectivity index (χ1v) is 9.71. The van der Waals surface area contributed by atoms with Gasteiger partial charge in [0.15, 0.2) is 5.82 Å². The van der Waals surface area contributed by atoms with E-state index in [0.29, 0.717) is 36.9 Å². The minimum Gasteiger partial charge on any atom is -0.354 e. The van der Waals surface area contributed by atoms with Crippen LogP contribution in [0.4, 0.5) is 5.82 Å². The van der Waals surface area contributed by atoms with E-state index in [1.54, 1.807) is 35.1 Å². The van der Waals surface area contributed by atoms with Gasteiger partial charge in [0.25, 0.3) is 0 Å². The molecule has 0 atom stereocenters. The zero-order valence-corrected chi connectivity index (χ0v) is 14.8. The molecule has 4 rings (SSSR count). The molecule has 1 aliphatic heterocycles. The molecule has 0 unspecified atom stereocenters. The van der Waals surface area contributed by atoms with Crippen LogP contribution in [0.5, 0.6) is 0 Å². The molecule has 0 saturated carbocycles. The number of sulfonamides is 1. The normalized spacial score (nSPS) is 15.9. The molecule has 3 heterocycles. The summed E-state index contributed by atoms with van der Waals surface area (Å²) in [6, 6.07) is 12.2. The van der Waals surface area contributed by atoms with Crippen molar-refractivity contribution < 1.29 is 8.42 Å². The predicted octanol–water partition coefficient (Wildman–Crippen LogP) is 1.17. The van der Waals surface area contributed by atoms with Crippen LogP contribution in [0.3, 0.4) is 0 Å². The van der Waals surface area contributed by atoms with Gasteiger partial charge in [-0.1, -0.05) is 18.2 Å². The highest BCUT2D eigenvalue weighted by molar-refractivity contribution is 7.89. The summed E-state index contributed by atoms with van der Waals surface area (Å²) in [7, 11) is -3.45. The van der Waals surface area contributed by atoms with Crippen molar-refractivity contribution in [3.63, 3.8) is 0 Å². The molecule has 1 saturated heterocycles. The summed E-state index contributed by atoms with van der Waals surface area (Å²) in [4.78, 5) is 10.9. The standard InChI is InChI=1S/C17H18N6O2S/c24-26(25,15-5-2-1-3-6-15)22-11-9-21(10-12-22)16-13-17(19-14-18-16)23-8-4-7-20-23/h1-8,13-14H,9-12H2. The molecule has 0 aliphatic carbocycles. The lowest BCUT2D eigenvalue weighted by Gasteiger charge is -2.34. The number of hydrogen-bond donors (Lipinski definition) is 0. The van der Waals surface area contributed by atoms with Crippen LogP contribution < -0.4 is 4.90 Å². The first-order chi connectivity index (χ1) is 12.6. The van der Waals surface area contributed by atoms with Gasteiger partial charge in [-0.2, -0.15) is 9.40 Å². The van der Waals surface area contributed by atoms with Gasteiger partial charge >= 0.3 is 0 Å². The second-order valence-corrected chi connectivity index (χ2v) is 7.83. The Kier molecular flexibility index (Phi) is 4.39. The van der Waals surface area contributed by atoms with Crippen LogP contribution >= 0.6 is 0 Å². The lowest BCUT2D eigenvalue weighted by Crippen LogP contribution is -2.48. The Hall–Kier alpha value is -2.78. The van der Waals surface area contributed by atoms with E-state index in [1.165, 1.54) is 10.6 Å². The SMILES string of the molecule is O=S(=O)(c1ccccc1)N1CCN(c2cc(-n3cccn3)ncn2)CC1. The quantitative estimate of drug-likeness (QED) is 0.686. The summed E-state index contributed by atoms with van der Waals surface area (Å²) in [6.07, 6.45) is 5.00. The summed E-state index contributed by atoms with van der Waals surface area (Å²) in [5.41, 5.74) is 0. The molecule has 0 amide bonds. The van der Waals surface area contributed by atoms with Crippen molar-refractivity contribution in [2.45, 2.75) is 4.90 Å². The molecule has 8 nitrogen and oxygen atoms in total. The molecule has 0 N–H and O–H groups in total. The first-order valence-electron chi connectivity index (χ1n) is 8.27. The predicted molar refractivity (Wildman–Crippen MR) is 96.6 cm³/mol. The van der Waals surface area contributed by atoms with Gasteiger partial charge in [-0.25, -0.2) is 23.1 Å². The average Bonchev–Trinajstić information content (AvgIpc) is 3.24. The summed E-state index contributed by atoms with van der Waals surface area (Å²) in [6.45, 7) is 1.97. The van der Waals surface area contributed by atoms with E-state index in [0.717, 1.165) is 5.82 Å². The fourth-order valence-corrected chi connectivity index (χ4v) is 4.38. The highest BCUT2D eigenvalue weighted by Gasteiger charge is 2.28. The van der Waals surface area contributed by atoms with E-state index >= 15 is 0 Å². The van der Waals surface area contributed by atoms with E-state index < -0.39 is 10.0 Å². The van der Waals surface area contributed by atoms with E-state index in [2.05, 4.69) is 20.0 Å². The van der Waals surface area contributed by atoms with Crippen LogP contribution in [0, 0.1) is 0 Å². The van der Waals surface area contributed by atoms with Crippen LogP contribution in [0.15, 0.2) is 66.1 Å². The van der Waals surface area contributed by atoms with Crippen LogP contribution in [0.2, 0.25) is 0 Å². The molecule has 134 valence electrons. The van der Waals surface area contributed by atoms with Gasteiger partial charge in [0.2, 0.25) is 10.0 Å². The zero-order chi connectivity index (χ0) is 18.0. The van der Waals surface area contributed by atoms with Crippen LogP contribution in [-0.2, 0) is 10.0 Å². The molecule has 26 heavy (non-hydrogen) atoms. The van der Waals surface area contributed by atoms with Crippen molar-refractivity contribution in [1.29, 1.82) is 0 Å². The molecule has 2 aromatic heterocycles. The third-order valence-electron chi connectivity index (χ3n) is 4.32. The molecule has 0 spiro atoms. The minimum absolute atomic E-state index is 0.330. The molecule has 0 bridgehead atoms. The maximum absolute atomic E-state index is 12.7. The minimum atomic E-state index is -3.45. The lowest BCUT2D eigenvalue weighted by molar-refractivity contribution is 0.383.